The van der Waals surface area contributed by atoms with E-state index in [0.29, 0.717) is 12.3 Å². The van der Waals surface area contributed by atoms with Gasteiger partial charge in [0.05, 0.1) is 30.3 Å². The van der Waals surface area contributed by atoms with Gasteiger partial charge in [-0.05, 0) is 73.0 Å². The lowest BCUT2D eigenvalue weighted by molar-refractivity contribution is -0.226. The molecule has 0 radical (unpaired) electrons. The van der Waals surface area contributed by atoms with E-state index in [0.717, 1.165) is 25.7 Å². The van der Waals surface area contributed by atoms with Gasteiger partial charge < -0.3 is 25.2 Å². The molecule has 0 aromatic rings. The van der Waals surface area contributed by atoms with E-state index in [1.165, 1.54) is 0 Å². The van der Waals surface area contributed by atoms with Gasteiger partial charge in [-0.3, -0.25) is 4.79 Å². The molecule has 4 rings (SSSR count). The molecule has 0 aromatic carbocycles. The largest absolute Gasteiger partial charge is 0.462 e. The summed E-state index contributed by atoms with van der Waals surface area (Å²) in [4.78, 5) is 13.1. The molecular formula is C27H46O6. The van der Waals surface area contributed by atoms with E-state index in [4.69, 9.17) is 4.74 Å². The lowest BCUT2D eigenvalue weighted by Crippen LogP contribution is -2.62. The third-order valence-corrected chi connectivity index (χ3v) is 11.1. The van der Waals surface area contributed by atoms with Crippen LogP contribution in [0.25, 0.3) is 0 Å². The number of aliphatic hydroxyl groups is 4. The minimum atomic E-state index is -0.862. The van der Waals surface area contributed by atoms with Crippen molar-refractivity contribution >= 4 is 5.97 Å². The molecule has 0 spiro atoms. The number of carbonyl (C=O) groups excluding carboxylic acids is 1. The van der Waals surface area contributed by atoms with Crippen molar-refractivity contribution in [3.05, 3.63) is 0 Å². The molecule has 4 N–H and O–H groups in total. The first-order valence-corrected chi connectivity index (χ1v) is 13.3. The van der Waals surface area contributed by atoms with E-state index in [9.17, 15) is 25.2 Å². The van der Waals surface area contributed by atoms with Crippen molar-refractivity contribution in [2.45, 2.75) is 111 Å². The van der Waals surface area contributed by atoms with Crippen LogP contribution in [0.15, 0.2) is 0 Å². The summed E-state index contributed by atoms with van der Waals surface area (Å²) in [5, 5.41) is 42.6. The summed E-state index contributed by atoms with van der Waals surface area (Å²) in [6.45, 7) is 12.7. The summed E-state index contributed by atoms with van der Waals surface area (Å²) >= 11 is 0. The Morgan fingerprint density at radius 2 is 1.55 bits per heavy atom. The molecule has 7 unspecified atom stereocenters. The van der Waals surface area contributed by atoms with Crippen molar-refractivity contribution < 1.29 is 30.0 Å². The van der Waals surface area contributed by atoms with E-state index < -0.39 is 24.4 Å². The second-order valence-corrected chi connectivity index (χ2v) is 12.9. The highest BCUT2D eigenvalue weighted by Crippen LogP contribution is 2.65. The van der Waals surface area contributed by atoms with Gasteiger partial charge in [-0.25, -0.2) is 0 Å². The predicted octanol–water partition coefficient (Wildman–Crippen LogP) is 3.14. The van der Waals surface area contributed by atoms with Crippen LogP contribution in [0, 0.1) is 52.3 Å². The van der Waals surface area contributed by atoms with Crippen molar-refractivity contribution in [2.75, 3.05) is 0 Å². The first-order chi connectivity index (χ1) is 15.3. The zero-order valence-electron chi connectivity index (χ0n) is 21.3. The third-order valence-electron chi connectivity index (χ3n) is 11.1. The number of hydrogen-bond donors (Lipinski definition) is 4. The molecule has 4 aliphatic rings. The SMILES string of the molecule is CC(C)[C@@H](C)C(O)C(O)[C@@H](C)C1CCC2C3OC(=O)C4C[C@H](O)[C@H](O)C[C@]4(C)C3CC[C@@]21C. The van der Waals surface area contributed by atoms with Crippen LogP contribution in [0.5, 0.6) is 0 Å². The Hall–Kier alpha value is -0.690. The number of aliphatic hydroxyl groups excluding tert-OH is 4. The number of rotatable bonds is 5. The maximum absolute atomic E-state index is 13.1. The number of carbonyl (C=O) groups is 1. The van der Waals surface area contributed by atoms with E-state index in [2.05, 4.69) is 34.6 Å². The maximum Gasteiger partial charge on any atom is 0.309 e. The third kappa shape index (κ3) is 3.88. The Kier molecular flexibility index (Phi) is 6.74. The molecule has 0 aromatic heterocycles. The summed E-state index contributed by atoms with van der Waals surface area (Å²) in [6.07, 6.45) is 1.21. The van der Waals surface area contributed by atoms with Gasteiger partial charge >= 0.3 is 5.97 Å². The molecule has 190 valence electrons. The van der Waals surface area contributed by atoms with Crippen molar-refractivity contribution in [2.24, 2.45) is 52.3 Å². The van der Waals surface area contributed by atoms with Crippen LogP contribution in [0.2, 0.25) is 0 Å². The molecule has 6 nitrogen and oxygen atoms in total. The molecule has 4 fully saturated rings. The molecule has 1 heterocycles. The molecular weight excluding hydrogens is 420 g/mol. The number of hydrogen-bond acceptors (Lipinski definition) is 6. The normalized spacial score (nSPS) is 48.8. The standard InChI is InChI=1S/C27H46O6/c1-13(2)14(3)22(30)23(31)15(4)16-7-8-17-24-18(9-10-26(16,17)5)27(6)12-21(29)20(28)11-19(27)25(32)33-24/h13-24,28-31H,7-12H2,1-6H3/t14-,15+,16?,17?,18?,19?,20+,21-,22?,23?,24?,26-,27-/m1/s1. The van der Waals surface area contributed by atoms with Crippen LogP contribution < -0.4 is 0 Å². The van der Waals surface area contributed by atoms with E-state index >= 15 is 0 Å². The minimum absolute atomic E-state index is 0.0208. The molecule has 13 atom stereocenters. The highest BCUT2D eigenvalue weighted by Gasteiger charge is 2.65. The number of esters is 1. The second-order valence-electron chi connectivity index (χ2n) is 12.9. The van der Waals surface area contributed by atoms with Gasteiger partial charge in [-0.2, -0.15) is 0 Å². The summed E-state index contributed by atoms with van der Waals surface area (Å²) in [5.41, 5.74) is -0.412. The van der Waals surface area contributed by atoms with Gasteiger partial charge in [0, 0.05) is 11.8 Å². The van der Waals surface area contributed by atoms with E-state index in [1.54, 1.807) is 0 Å². The Balaban J connectivity index is 1.56. The zero-order valence-corrected chi connectivity index (χ0v) is 21.3. The maximum atomic E-state index is 13.1. The lowest BCUT2D eigenvalue weighted by Gasteiger charge is -2.60. The Morgan fingerprint density at radius 1 is 0.909 bits per heavy atom. The van der Waals surface area contributed by atoms with Gasteiger partial charge in [0.2, 0.25) is 0 Å². The average Bonchev–Trinajstić information content (AvgIpc) is 3.10. The fraction of sp³-hybridized carbons (Fsp3) is 0.963. The molecule has 0 amide bonds. The molecule has 1 saturated heterocycles. The number of ether oxygens (including phenoxy) is 1. The van der Waals surface area contributed by atoms with Crippen molar-refractivity contribution in [3.8, 4) is 0 Å². The number of fused-ring (bicyclic) bond motifs is 5. The van der Waals surface area contributed by atoms with Gasteiger partial charge in [0.25, 0.3) is 0 Å². The fourth-order valence-electron chi connectivity index (χ4n) is 8.49. The zero-order chi connectivity index (χ0) is 24.5. The first-order valence-electron chi connectivity index (χ1n) is 13.3. The highest BCUT2D eigenvalue weighted by molar-refractivity contribution is 5.75. The van der Waals surface area contributed by atoms with Crippen LogP contribution in [0.4, 0.5) is 0 Å². The van der Waals surface area contributed by atoms with Crippen LogP contribution in [-0.2, 0) is 9.53 Å². The van der Waals surface area contributed by atoms with Gasteiger partial charge in [0.15, 0.2) is 0 Å². The molecule has 3 saturated carbocycles. The summed E-state index contributed by atoms with van der Waals surface area (Å²) in [7, 11) is 0. The topological polar surface area (TPSA) is 107 Å². The summed E-state index contributed by atoms with van der Waals surface area (Å²) in [6, 6.07) is 0. The molecule has 0 bridgehead atoms. The van der Waals surface area contributed by atoms with E-state index in [-0.39, 0.29) is 64.8 Å². The minimum Gasteiger partial charge on any atom is -0.462 e. The monoisotopic (exact) mass is 466 g/mol. The summed E-state index contributed by atoms with van der Waals surface area (Å²) in [5.74, 6) is 0.375. The smallest absolute Gasteiger partial charge is 0.309 e. The van der Waals surface area contributed by atoms with Crippen LogP contribution in [0.3, 0.4) is 0 Å². The lowest BCUT2D eigenvalue weighted by atomic mass is 9.49. The van der Waals surface area contributed by atoms with Gasteiger partial charge in [-0.1, -0.05) is 41.5 Å². The molecule has 33 heavy (non-hydrogen) atoms. The Labute approximate surface area is 199 Å². The Morgan fingerprint density at radius 3 is 2.18 bits per heavy atom. The van der Waals surface area contributed by atoms with Crippen molar-refractivity contribution in [1.82, 2.24) is 0 Å². The van der Waals surface area contributed by atoms with Crippen molar-refractivity contribution in [1.29, 1.82) is 0 Å². The average molecular weight is 467 g/mol. The molecule has 6 heteroatoms. The first kappa shape index (κ1) is 25.4. The van der Waals surface area contributed by atoms with E-state index in [1.807, 2.05) is 6.92 Å². The van der Waals surface area contributed by atoms with Gasteiger partial charge in [0.1, 0.15) is 6.10 Å². The Bertz CT molecular complexity index is 740. The molecule has 3 aliphatic carbocycles. The molecule has 1 aliphatic heterocycles. The van der Waals surface area contributed by atoms with Gasteiger partial charge in [-0.15, -0.1) is 0 Å². The van der Waals surface area contributed by atoms with Crippen LogP contribution >= 0.6 is 0 Å². The summed E-state index contributed by atoms with van der Waals surface area (Å²) < 4.78 is 6.15. The van der Waals surface area contributed by atoms with Crippen molar-refractivity contribution in [3.63, 3.8) is 0 Å². The van der Waals surface area contributed by atoms with Crippen LogP contribution in [-0.4, -0.2) is 56.9 Å². The highest BCUT2D eigenvalue weighted by atomic mass is 16.5. The second kappa shape index (κ2) is 8.76. The predicted molar refractivity (Wildman–Crippen MR) is 125 cm³/mol. The van der Waals surface area contributed by atoms with Crippen LogP contribution in [0.1, 0.15) is 80.1 Å². The fourth-order valence-corrected chi connectivity index (χ4v) is 8.49. The quantitative estimate of drug-likeness (QED) is 0.464.